The summed E-state index contributed by atoms with van der Waals surface area (Å²) in [6, 6.07) is 15.4. The Balaban J connectivity index is 1.45. The van der Waals surface area contributed by atoms with E-state index in [0.717, 1.165) is 36.1 Å². The maximum Gasteiger partial charge on any atom is 0.233 e. The Morgan fingerprint density at radius 1 is 1.03 bits per heavy atom. The van der Waals surface area contributed by atoms with E-state index in [4.69, 9.17) is 16.3 Å². The molecule has 2 fully saturated rings. The number of benzene rings is 2. The maximum absolute atomic E-state index is 13.5. The molecule has 0 aromatic heterocycles. The summed E-state index contributed by atoms with van der Waals surface area (Å²) < 4.78 is 5.20. The third-order valence-corrected chi connectivity index (χ3v) is 6.67. The van der Waals surface area contributed by atoms with Crippen LogP contribution < -0.4 is 4.74 Å². The van der Waals surface area contributed by atoms with E-state index in [2.05, 4.69) is 0 Å². The minimum Gasteiger partial charge on any atom is -0.497 e. The Morgan fingerprint density at radius 2 is 1.73 bits per heavy atom. The van der Waals surface area contributed by atoms with Gasteiger partial charge >= 0.3 is 0 Å². The summed E-state index contributed by atoms with van der Waals surface area (Å²) in [4.78, 5) is 30.0. The minimum atomic E-state index is -0.460. The van der Waals surface area contributed by atoms with Crippen molar-refractivity contribution in [2.24, 2.45) is 0 Å². The zero-order valence-corrected chi connectivity index (χ0v) is 18.0. The molecule has 5 nitrogen and oxygen atoms in total. The molecule has 2 aromatic rings. The van der Waals surface area contributed by atoms with Crippen LogP contribution in [0.4, 0.5) is 0 Å². The van der Waals surface area contributed by atoms with Crippen LogP contribution in [0.1, 0.15) is 36.8 Å². The minimum absolute atomic E-state index is 0.0928. The van der Waals surface area contributed by atoms with E-state index in [0.29, 0.717) is 37.6 Å². The van der Waals surface area contributed by atoms with E-state index in [1.54, 1.807) is 7.11 Å². The van der Waals surface area contributed by atoms with E-state index in [-0.39, 0.29) is 11.8 Å². The largest absolute Gasteiger partial charge is 0.497 e. The molecule has 1 heterocycles. The standard InChI is InChI=1S/C24H27ClN2O3/c1-30-21-9-3-18(4-10-21)17-27-16-15-26(14-11-22(27)28)23(29)24(12-2-13-24)19-5-7-20(25)8-6-19/h3-10H,2,11-17H2,1H3. The molecule has 0 spiro atoms. The average molecular weight is 427 g/mol. The first kappa shape index (κ1) is 20.7. The maximum atomic E-state index is 13.5. The highest BCUT2D eigenvalue weighted by atomic mass is 35.5. The summed E-state index contributed by atoms with van der Waals surface area (Å²) in [5.41, 5.74) is 1.63. The summed E-state index contributed by atoms with van der Waals surface area (Å²) in [6.07, 6.45) is 3.12. The monoisotopic (exact) mass is 426 g/mol. The van der Waals surface area contributed by atoms with Crippen LogP contribution in [0.3, 0.4) is 0 Å². The Kier molecular flexibility index (Phi) is 6.00. The number of methoxy groups -OCH3 is 1. The number of rotatable bonds is 5. The van der Waals surface area contributed by atoms with Crippen molar-refractivity contribution in [1.82, 2.24) is 9.80 Å². The van der Waals surface area contributed by atoms with Gasteiger partial charge in [-0.1, -0.05) is 42.3 Å². The van der Waals surface area contributed by atoms with Gasteiger partial charge in [0, 0.05) is 37.6 Å². The lowest BCUT2D eigenvalue weighted by molar-refractivity contribution is -0.140. The summed E-state index contributed by atoms with van der Waals surface area (Å²) in [5, 5.41) is 0.676. The van der Waals surface area contributed by atoms with Crippen molar-refractivity contribution < 1.29 is 14.3 Å². The fourth-order valence-corrected chi connectivity index (χ4v) is 4.54. The lowest BCUT2D eigenvalue weighted by atomic mass is 9.63. The van der Waals surface area contributed by atoms with Crippen molar-refractivity contribution in [1.29, 1.82) is 0 Å². The molecule has 0 atom stereocenters. The van der Waals surface area contributed by atoms with Gasteiger partial charge in [0.1, 0.15) is 5.75 Å². The van der Waals surface area contributed by atoms with Crippen LogP contribution in [0, 0.1) is 0 Å². The molecule has 4 rings (SSSR count). The van der Waals surface area contributed by atoms with Gasteiger partial charge in [-0.3, -0.25) is 9.59 Å². The van der Waals surface area contributed by atoms with Crippen molar-refractivity contribution in [2.75, 3.05) is 26.7 Å². The quantitative estimate of drug-likeness (QED) is 0.725. The van der Waals surface area contributed by atoms with Crippen molar-refractivity contribution in [3.05, 3.63) is 64.7 Å². The molecular weight excluding hydrogens is 400 g/mol. The molecule has 1 saturated heterocycles. The lowest BCUT2D eigenvalue weighted by Crippen LogP contribution is -2.51. The summed E-state index contributed by atoms with van der Waals surface area (Å²) in [7, 11) is 1.64. The first-order valence-corrected chi connectivity index (χ1v) is 10.9. The first-order chi connectivity index (χ1) is 14.5. The topological polar surface area (TPSA) is 49.9 Å². The van der Waals surface area contributed by atoms with Gasteiger partial charge in [0.25, 0.3) is 0 Å². The molecule has 158 valence electrons. The second-order valence-corrected chi connectivity index (χ2v) is 8.58. The molecule has 0 N–H and O–H groups in total. The zero-order chi connectivity index (χ0) is 21.1. The summed E-state index contributed by atoms with van der Waals surface area (Å²) >= 11 is 6.04. The molecule has 6 heteroatoms. The summed E-state index contributed by atoms with van der Waals surface area (Å²) in [6.45, 7) is 2.14. The van der Waals surface area contributed by atoms with E-state index in [9.17, 15) is 9.59 Å². The fourth-order valence-electron chi connectivity index (χ4n) is 4.42. The lowest BCUT2D eigenvalue weighted by Gasteiger charge is -2.44. The van der Waals surface area contributed by atoms with Crippen molar-refractivity contribution in [2.45, 2.75) is 37.6 Å². The Bertz CT molecular complexity index is 907. The second-order valence-electron chi connectivity index (χ2n) is 8.15. The van der Waals surface area contributed by atoms with Gasteiger partial charge in [0.05, 0.1) is 12.5 Å². The molecule has 2 aromatic carbocycles. The van der Waals surface area contributed by atoms with Crippen LogP contribution in [0.15, 0.2) is 48.5 Å². The second kappa shape index (κ2) is 8.68. The van der Waals surface area contributed by atoms with Gasteiger partial charge in [0.15, 0.2) is 0 Å². The molecule has 0 radical (unpaired) electrons. The Hall–Kier alpha value is -2.53. The van der Waals surface area contributed by atoms with Crippen LogP contribution in [-0.4, -0.2) is 48.4 Å². The number of ether oxygens (including phenoxy) is 1. The van der Waals surface area contributed by atoms with Gasteiger partial charge in [-0.25, -0.2) is 0 Å². The molecule has 1 aliphatic heterocycles. The van der Waals surface area contributed by atoms with E-state index in [1.807, 2.05) is 58.3 Å². The van der Waals surface area contributed by atoms with Gasteiger partial charge < -0.3 is 14.5 Å². The number of hydrogen-bond acceptors (Lipinski definition) is 3. The number of carbonyl (C=O) groups excluding carboxylic acids is 2. The van der Waals surface area contributed by atoms with E-state index in [1.165, 1.54) is 0 Å². The molecule has 2 aliphatic rings. The third-order valence-electron chi connectivity index (χ3n) is 6.42. The molecule has 2 amide bonds. The molecule has 0 bridgehead atoms. The molecule has 1 aliphatic carbocycles. The normalized spacial score (nSPS) is 18.5. The predicted octanol–water partition coefficient (Wildman–Crippen LogP) is 4.03. The molecule has 0 unspecified atom stereocenters. The predicted molar refractivity (Wildman–Crippen MR) is 117 cm³/mol. The number of hydrogen-bond donors (Lipinski definition) is 0. The highest BCUT2D eigenvalue weighted by Gasteiger charge is 2.47. The van der Waals surface area contributed by atoms with Crippen LogP contribution in [0.25, 0.3) is 0 Å². The molecule has 1 saturated carbocycles. The summed E-state index contributed by atoms with van der Waals surface area (Å²) in [5.74, 6) is 1.04. The SMILES string of the molecule is COc1ccc(CN2CCN(C(=O)C3(c4ccc(Cl)cc4)CCC3)CCC2=O)cc1. The number of halogens is 1. The number of carbonyl (C=O) groups is 2. The van der Waals surface area contributed by atoms with Gasteiger partial charge in [-0.2, -0.15) is 0 Å². The number of nitrogens with zero attached hydrogens (tertiary/aromatic N) is 2. The average Bonchev–Trinajstić information content (AvgIpc) is 2.91. The van der Waals surface area contributed by atoms with Crippen LogP contribution in [0.5, 0.6) is 5.75 Å². The van der Waals surface area contributed by atoms with Crippen molar-refractivity contribution in [3.63, 3.8) is 0 Å². The fraction of sp³-hybridized carbons (Fsp3) is 0.417. The van der Waals surface area contributed by atoms with Gasteiger partial charge in [-0.15, -0.1) is 0 Å². The highest BCUT2D eigenvalue weighted by molar-refractivity contribution is 6.30. The van der Waals surface area contributed by atoms with Gasteiger partial charge in [0.2, 0.25) is 11.8 Å². The van der Waals surface area contributed by atoms with E-state index >= 15 is 0 Å². The van der Waals surface area contributed by atoms with Crippen LogP contribution in [0.2, 0.25) is 5.02 Å². The Morgan fingerprint density at radius 3 is 2.33 bits per heavy atom. The highest BCUT2D eigenvalue weighted by Crippen LogP contribution is 2.45. The first-order valence-electron chi connectivity index (χ1n) is 10.5. The van der Waals surface area contributed by atoms with E-state index < -0.39 is 5.41 Å². The smallest absolute Gasteiger partial charge is 0.233 e. The molecular formula is C24H27ClN2O3. The van der Waals surface area contributed by atoms with Crippen molar-refractivity contribution in [3.8, 4) is 5.75 Å². The van der Waals surface area contributed by atoms with Crippen LogP contribution in [-0.2, 0) is 21.5 Å². The van der Waals surface area contributed by atoms with Crippen molar-refractivity contribution >= 4 is 23.4 Å². The molecule has 30 heavy (non-hydrogen) atoms. The van der Waals surface area contributed by atoms with Gasteiger partial charge in [-0.05, 0) is 48.2 Å². The third kappa shape index (κ3) is 4.04. The number of amides is 2. The van der Waals surface area contributed by atoms with Crippen LogP contribution >= 0.6 is 11.6 Å². The zero-order valence-electron chi connectivity index (χ0n) is 17.3. The Labute approximate surface area is 182 Å².